The van der Waals surface area contributed by atoms with Crippen molar-refractivity contribution in [1.29, 1.82) is 0 Å². The van der Waals surface area contributed by atoms with Gasteiger partial charge in [0.05, 0.1) is 5.69 Å². The average Bonchev–Trinajstić information content (AvgIpc) is 2.70. The van der Waals surface area contributed by atoms with Crippen LogP contribution in [0.3, 0.4) is 0 Å². The van der Waals surface area contributed by atoms with Crippen molar-refractivity contribution in [2.24, 2.45) is 0 Å². The van der Waals surface area contributed by atoms with Crippen molar-refractivity contribution in [3.63, 3.8) is 0 Å². The second kappa shape index (κ2) is 8.90. The molecule has 0 spiro atoms. The van der Waals surface area contributed by atoms with E-state index in [1.54, 1.807) is 6.92 Å². The second-order valence-corrected chi connectivity index (χ2v) is 6.12. The predicted octanol–water partition coefficient (Wildman–Crippen LogP) is 5.45. The van der Waals surface area contributed by atoms with Gasteiger partial charge in [-0.15, -0.1) is 0 Å². The van der Waals surface area contributed by atoms with Gasteiger partial charge in [-0.3, -0.25) is 4.79 Å². The summed E-state index contributed by atoms with van der Waals surface area (Å²) in [5, 5.41) is 2.90. The maximum atomic E-state index is 12.6. The van der Waals surface area contributed by atoms with E-state index in [4.69, 9.17) is 9.47 Å². The van der Waals surface area contributed by atoms with Crippen molar-refractivity contribution in [3.05, 3.63) is 84.4 Å². The molecule has 1 amide bonds. The van der Waals surface area contributed by atoms with E-state index >= 15 is 0 Å². The molecular weight excluding hydrogens is 338 g/mol. The lowest BCUT2D eigenvalue weighted by Crippen LogP contribution is -2.30. The van der Waals surface area contributed by atoms with Crippen LogP contribution in [0.15, 0.2) is 78.9 Å². The van der Waals surface area contributed by atoms with Crippen molar-refractivity contribution < 1.29 is 14.3 Å². The first kappa shape index (κ1) is 18.5. The quantitative estimate of drug-likeness (QED) is 0.609. The molecule has 0 saturated carbocycles. The first-order chi connectivity index (χ1) is 13.2. The number of amides is 1. The minimum absolute atomic E-state index is 0.231. The van der Waals surface area contributed by atoms with Crippen molar-refractivity contribution in [1.82, 2.24) is 0 Å². The molecule has 0 fully saturated rings. The highest BCUT2D eigenvalue weighted by molar-refractivity contribution is 5.95. The van der Waals surface area contributed by atoms with Crippen LogP contribution in [0.1, 0.15) is 19.4 Å². The molecule has 0 aliphatic carbocycles. The van der Waals surface area contributed by atoms with Gasteiger partial charge in [0, 0.05) is 0 Å². The molecule has 0 radical (unpaired) electrons. The number of benzene rings is 3. The Balaban J connectivity index is 1.70. The van der Waals surface area contributed by atoms with Gasteiger partial charge in [0.15, 0.2) is 11.9 Å². The highest BCUT2D eigenvalue weighted by Crippen LogP contribution is 2.29. The van der Waals surface area contributed by atoms with E-state index in [9.17, 15) is 4.79 Å². The Morgan fingerprint density at radius 3 is 2.26 bits per heavy atom. The summed E-state index contributed by atoms with van der Waals surface area (Å²) in [6.45, 7) is 3.80. The molecule has 0 heterocycles. The van der Waals surface area contributed by atoms with Gasteiger partial charge in [-0.2, -0.15) is 0 Å². The van der Waals surface area contributed by atoms with Gasteiger partial charge in [0.1, 0.15) is 11.5 Å². The van der Waals surface area contributed by atoms with Gasteiger partial charge in [-0.1, -0.05) is 55.5 Å². The third-order valence-corrected chi connectivity index (χ3v) is 4.14. The summed E-state index contributed by atoms with van der Waals surface area (Å²) in [6, 6.07) is 24.6. The summed E-state index contributed by atoms with van der Waals surface area (Å²) in [6.07, 6.45) is 0.209. The van der Waals surface area contributed by atoms with E-state index in [0.717, 1.165) is 17.7 Å². The monoisotopic (exact) mass is 361 g/mol. The van der Waals surface area contributed by atoms with Crippen molar-refractivity contribution in [2.75, 3.05) is 5.32 Å². The fourth-order valence-corrected chi connectivity index (χ4v) is 2.66. The first-order valence-electron chi connectivity index (χ1n) is 9.04. The Bertz CT molecular complexity index is 893. The third-order valence-electron chi connectivity index (χ3n) is 4.14. The summed E-state index contributed by atoms with van der Waals surface area (Å²) in [5.41, 5.74) is 1.68. The van der Waals surface area contributed by atoms with E-state index in [0.29, 0.717) is 17.2 Å². The Kier molecular flexibility index (Phi) is 6.10. The van der Waals surface area contributed by atoms with Crippen LogP contribution in [0, 0.1) is 0 Å². The van der Waals surface area contributed by atoms with Crippen LogP contribution in [-0.4, -0.2) is 12.0 Å². The van der Waals surface area contributed by atoms with Gasteiger partial charge in [-0.25, -0.2) is 0 Å². The number of ether oxygens (including phenoxy) is 2. The fourth-order valence-electron chi connectivity index (χ4n) is 2.66. The van der Waals surface area contributed by atoms with Gasteiger partial charge >= 0.3 is 0 Å². The molecule has 0 unspecified atom stereocenters. The van der Waals surface area contributed by atoms with Crippen LogP contribution in [0.5, 0.6) is 17.2 Å². The number of hydrogen-bond donors (Lipinski definition) is 1. The van der Waals surface area contributed by atoms with Gasteiger partial charge < -0.3 is 14.8 Å². The number of para-hydroxylation sites is 4. The summed E-state index contributed by atoms with van der Waals surface area (Å²) < 4.78 is 11.8. The summed E-state index contributed by atoms with van der Waals surface area (Å²) in [7, 11) is 0. The Labute approximate surface area is 159 Å². The van der Waals surface area contributed by atoms with Gasteiger partial charge in [-0.05, 0) is 49.2 Å². The zero-order valence-electron chi connectivity index (χ0n) is 15.5. The van der Waals surface area contributed by atoms with Crippen LogP contribution in [0.4, 0.5) is 5.69 Å². The second-order valence-electron chi connectivity index (χ2n) is 6.12. The maximum absolute atomic E-state index is 12.6. The van der Waals surface area contributed by atoms with E-state index in [2.05, 4.69) is 12.2 Å². The standard InChI is InChI=1S/C23H23NO3/c1-3-18-11-7-9-15-21(18)26-17(2)23(25)24-20-14-8-10-16-22(20)27-19-12-5-4-6-13-19/h4-17H,3H2,1-2H3,(H,24,25)/t17-/m1/s1. The SMILES string of the molecule is CCc1ccccc1O[C@H](C)C(=O)Nc1ccccc1Oc1ccccc1. The topological polar surface area (TPSA) is 47.6 Å². The summed E-state index contributed by atoms with van der Waals surface area (Å²) >= 11 is 0. The van der Waals surface area contributed by atoms with E-state index in [1.807, 2.05) is 78.9 Å². The van der Waals surface area contributed by atoms with Crippen molar-refractivity contribution in [3.8, 4) is 17.2 Å². The molecule has 3 rings (SSSR count). The Morgan fingerprint density at radius 1 is 0.889 bits per heavy atom. The molecule has 27 heavy (non-hydrogen) atoms. The molecule has 0 aromatic heterocycles. The number of anilines is 1. The summed E-state index contributed by atoms with van der Waals surface area (Å²) in [5.74, 6) is 1.79. The minimum atomic E-state index is -0.637. The highest BCUT2D eigenvalue weighted by atomic mass is 16.5. The molecule has 1 N–H and O–H groups in total. The van der Waals surface area contributed by atoms with Crippen molar-refractivity contribution in [2.45, 2.75) is 26.4 Å². The third kappa shape index (κ3) is 4.88. The lowest BCUT2D eigenvalue weighted by atomic mass is 10.1. The first-order valence-corrected chi connectivity index (χ1v) is 9.04. The highest BCUT2D eigenvalue weighted by Gasteiger charge is 2.18. The number of carbonyl (C=O) groups is 1. The Hall–Kier alpha value is -3.27. The Morgan fingerprint density at radius 2 is 1.52 bits per heavy atom. The summed E-state index contributed by atoms with van der Waals surface area (Å²) in [4.78, 5) is 12.6. The fraction of sp³-hybridized carbons (Fsp3) is 0.174. The zero-order chi connectivity index (χ0) is 19.1. The smallest absolute Gasteiger partial charge is 0.265 e. The number of hydrogen-bond acceptors (Lipinski definition) is 3. The molecule has 0 aliphatic rings. The van der Waals surface area contributed by atoms with E-state index in [-0.39, 0.29) is 5.91 Å². The molecular formula is C23H23NO3. The maximum Gasteiger partial charge on any atom is 0.265 e. The molecule has 1 atom stereocenters. The minimum Gasteiger partial charge on any atom is -0.481 e. The number of rotatable bonds is 7. The predicted molar refractivity (Wildman–Crippen MR) is 107 cm³/mol. The molecule has 4 heteroatoms. The molecule has 4 nitrogen and oxygen atoms in total. The molecule has 0 saturated heterocycles. The molecule has 3 aromatic rings. The van der Waals surface area contributed by atoms with Gasteiger partial charge in [0.25, 0.3) is 5.91 Å². The largest absolute Gasteiger partial charge is 0.481 e. The zero-order valence-corrected chi connectivity index (χ0v) is 15.5. The lowest BCUT2D eigenvalue weighted by molar-refractivity contribution is -0.122. The molecule has 3 aromatic carbocycles. The van der Waals surface area contributed by atoms with Crippen LogP contribution in [-0.2, 0) is 11.2 Å². The molecule has 0 aliphatic heterocycles. The molecule has 138 valence electrons. The molecule has 0 bridgehead atoms. The number of aryl methyl sites for hydroxylation is 1. The number of carbonyl (C=O) groups excluding carboxylic acids is 1. The van der Waals surface area contributed by atoms with Crippen LogP contribution in [0.2, 0.25) is 0 Å². The normalized spacial score (nSPS) is 11.5. The van der Waals surface area contributed by atoms with Crippen LogP contribution in [0.25, 0.3) is 0 Å². The van der Waals surface area contributed by atoms with E-state index in [1.165, 1.54) is 0 Å². The van der Waals surface area contributed by atoms with E-state index < -0.39 is 6.10 Å². The number of nitrogens with one attached hydrogen (secondary N) is 1. The van der Waals surface area contributed by atoms with Crippen LogP contribution >= 0.6 is 0 Å². The van der Waals surface area contributed by atoms with Crippen molar-refractivity contribution >= 4 is 11.6 Å². The lowest BCUT2D eigenvalue weighted by Gasteiger charge is -2.18. The average molecular weight is 361 g/mol. The van der Waals surface area contributed by atoms with Crippen LogP contribution < -0.4 is 14.8 Å². The van der Waals surface area contributed by atoms with Gasteiger partial charge in [0.2, 0.25) is 0 Å².